The van der Waals surface area contributed by atoms with E-state index in [2.05, 4.69) is 48.9 Å². The molecule has 0 saturated heterocycles. The summed E-state index contributed by atoms with van der Waals surface area (Å²) < 4.78 is 0. The molecule has 0 radical (unpaired) electrons. The van der Waals surface area contributed by atoms with Crippen LogP contribution < -0.4 is 16.0 Å². The zero-order valence-electron chi connectivity index (χ0n) is 15.3. The minimum absolute atomic E-state index is 0.203. The molecule has 24 heavy (non-hydrogen) atoms. The molecule has 1 aliphatic heterocycles. The average molecular weight is 370 g/mol. The Kier molecular flexibility index (Phi) is 8.38. The van der Waals surface area contributed by atoms with Crippen molar-refractivity contribution in [3.63, 3.8) is 0 Å². The highest BCUT2D eigenvalue weighted by Crippen LogP contribution is 2.34. The van der Waals surface area contributed by atoms with Crippen molar-refractivity contribution < 1.29 is 0 Å². The van der Waals surface area contributed by atoms with Crippen LogP contribution in [0.1, 0.15) is 38.3 Å². The number of thioether (sulfide) groups is 1. The Morgan fingerprint density at radius 2 is 1.92 bits per heavy atom. The topological polar surface area (TPSA) is 36.1 Å². The summed E-state index contributed by atoms with van der Waals surface area (Å²) in [6, 6.07) is 4.28. The zero-order valence-corrected chi connectivity index (χ0v) is 16.9. The summed E-state index contributed by atoms with van der Waals surface area (Å²) >= 11 is 8.40. The van der Waals surface area contributed by atoms with Crippen LogP contribution >= 0.6 is 23.4 Å². The summed E-state index contributed by atoms with van der Waals surface area (Å²) in [5, 5.41) is 11.4. The Balaban J connectivity index is 1.71. The van der Waals surface area contributed by atoms with Crippen LogP contribution in [0, 0.1) is 0 Å². The first-order valence-corrected chi connectivity index (χ1v) is 10.4. The van der Waals surface area contributed by atoms with Crippen LogP contribution in [-0.2, 0) is 12.8 Å². The van der Waals surface area contributed by atoms with Crippen LogP contribution in [0.4, 0.5) is 0 Å². The van der Waals surface area contributed by atoms with Gasteiger partial charge in [0.2, 0.25) is 0 Å². The van der Waals surface area contributed by atoms with Gasteiger partial charge in [0.25, 0.3) is 0 Å². The third-order valence-corrected chi connectivity index (χ3v) is 5.81. The molecular formula is C19H32ClN3S. The fourth-order valence-corrected chi connectivity index (χ4v) is 4.33. The number of benzene rings is 1. The van der Waals surface area contributed by atoms with E-state index in [-0.39, 0.29) is 5.54 Å². The SMILES string of the molecule is CC(C)(C)NCCNCCCSc1c(Cl)ccc2c1CCNCC2. The van der Waals surface area contributed by atoms with Crippen molar-refractivity contribution in [3.8, 4) is 0 Å². The fraction of sp³-hybridized carbons (Fsp3) is 0.684. The smallest absolute Gasteiger partial charge is 0.0544 e. The van der Waals surface area contributed by atoms with Crippen LogP contribution in [0.3, 0.4) is 0 Å². The first-order valence-electron chi connectivity index (χ1n) is 9.07. The van der Waals surface area contributed by atoms with Crippen molar-refractivity contribution in [3.05, 3.63) is 28.3 Å². The second-order valence-corrected chi connectivity index (χ2v) is 8.91. The van der Waals surface area contributed by atoms with E-state index in [1.165, 1.54) is 22.4 Å². The van der Waals surface area contributed by atoms with Gasteiger partial charge >= 0.3 is 0 Å². The van der Waals surface area contributed by atoms with Gasteiger partial charge in [0.05, 0.1) is 5.02 Å². The van der Waals surface area contributed by atoms with Crippen LogP contribution in [-0.4, -0.2) is 44.0 Å². The van der Waals surface area contributed by atoms with Crippen molar-refractivity contribution >= 4 is 23.4 Å². The molecule has 2 rings (SSSR count). The second-order valence-electron chi connectivity index (χ2n) is 7.39. The van der Waals surface area contributed by atoms with Crippen molar-refractivity contribution in [1.29, 1.82) is 0 Å². The molecule has 0 aromatic heterocycles. The lowest BCUT2D eigenvalue weighted by Gasteiger charge is -2.20. The minimum atomic E-state index is 0.203. The Bertz CT molecular complexity index is 514. The number of hydrogen-bond donors (Lipinski definition) is 3. The number of halogens is 1. The third-order valence-electron chi connectivity index (χ3n) is 4.13. The lowest BCUT2D eigenvalue weighted by atomic mass is 10.0. The highest BCUT2D eigenvalue weighted by atomic mass is 35.5. The maximum atomic E-state index is 6.47. The van der Waals surface area contributed by atoms with Crippen LogP contribution in [0.5, 0.6) is 0 Å². The van der Waals surface area contributed by atoms with Gasteiger partial charge in [0, 0.05) is 23.5 Å². The highest BCUT2D eigenvalue weighted by Gasteiger charge is 2.15. The maximum absolute atomic E-state index is 6.47. The quantitative estimate of drug-likeness (QED) is 0.484. The Morgan fingerprint density at radius 3 is 2.71 bits per heavy atom. The lowest BCUT2D eigenvalue weighted by Crippen LogP contribution is -2.40. The molecule has 0 spiro atoms. The monoisotopic (exact) mass is 369 g/mol. The zero-order chi connectivity index (χ0) is 17.4. The van der Waals surface area contributed by atoms with Gasteiger partial charge in [0.15, 0.2) is 0 Å². The van der Waals surface area contributed by atoms with E-state index in [0.717, 1.165) is 56.3 Å². The van der Waals surface area contributed by atoms with E-state index >= 15 is 0 Å². The molecule has 0 fully saturated rings. The van der Waals surface area contributed by atoms with Crippen molar-refractivity contribution in [2.45, 2.75) is 50.5 Å². The van der Waals surface area contributed by atoms with Gasteiger partial charge in [-0.2, -0.15) is 0 Å². The number of fused-ring (bicyclic) bond motifs is 1. The van der Waals surface area contributed by atoms with Gasteiger partial charge in [-0.15, -0.1) is 11.8 Å². The summed E-state index contributed by atoms with van der Waals surface area (Å²) in [5.74, 6) is 1.11. The first-order chi connectivity index (χ1) is 11.5. The molecular weight excluding hydrogens is 338 g/mol. The van der Waals surface area contributed by atoms with Gasteiger partial charge in [-0.1, -0.05) is 17.7 Å². The van der Waals surface area contributed by atoms with Gasteiger partial charge in [-0.05, 0) is 82.6 Å². The lowest BCUT2D eigenvalue weighted by molar-refractivity contribution is 0.422. The summed E-state index contributed by atoms with van der Waals surface area (Å²) in [6.07, 6.45) is 3.37. The number of hydrogen-bond acceptors (Lipinski definition) is 4. The van der Waals surface area contributed by atoms with Gasteiger partial charge in [0.1, 0.15) is 0 Å². The normalized spacial score (nSPS) is 15.2. The Labute approximate surface area is 156 Å². The van der Waals surface area contributed by atoms with Gasteiger partial charge in [-0.25, -0.2) is 0 Å². The molecule has 0 aliphatic carbocycles. The predicted octanol–water partition coefficient (Wildman–Crippen LogP) is 3.49. The molecule has 1 aliphatic rings. The predicted molar refractivity (Wildman–Crippen MR) is 108 cm³/mol. The molecule has 0 atom stereocenters. The van der Waals surface area contributed by atoms with Gasteiger partial charge < -0.3 is 16.0 Å². The van der Waals surface area contributed by atoms with Crippen molar-refractivity contribution in [2.75, 3.05) is 38.5 Å². The Morgan fingerprint density at radius 1 is 1.12 bits per heavy atom. The molecule has 0 saturated carbocycles. The van der Waals surface area contributed by atoms with Gasteiger partial charge in [-0.3, -0.25) is 0 Å². The molecule has 1 aromatic rings. The van der Waals surface area contributed by atoms with E-state index in [1.807, 2.05) is 11.8 Å². The fourth-order valence-electron chi connectivity index (χ4n) is 2.89. The molecule has 136 valence electrons. The minimum Gasteiger partial charge on any atom is -0.316 e. The standard InChI is InChI=1S/C19H32ClN3S/c1-19(2,3)23-13-12-21-9-4-14-24-18-16-8-11-22-10-7-15(16)5-6-17(18)20/h5-6,21-23H,4,7-14H2,1-3H3. The van der Waals surface area contributed by atoms with Crippen molar-refractivity contribution in [1.82, 2.24) is 16.0 Å². The number of nitrogens with one attached hydrogen (secondary N) is 3. The van der Waals surface area contributed by atoms with E-state index < -0.39 is 0 Å². The summed E-state index contributed by atoms with van der Waals surface area (Å²) in [7, 11) is 0. The molecule has 1 heterocycles. The van der Waals surface area contributed by atoms with Crippen molar-refractivity contribution in [2.24, 2.45) is 0 Å². The van der Waals surface area contributed by atoms with E-state index in [1.54, 1.807) is 0 Å². The number of rotatable bonds is 8. The second kappa shape index (κ2) is 10.0. The van der Waals surface area contributed by atoms with E-state index in [4.69, 9.17) is 11.6 Å². The molecule has 3 N–H and O–H groups in total. The highest BCUT2D eigenvalue weighted by molar-refractivity contribution is 7.99. The molecule has 1 aromatic carbocycles. The molecule has 3 nitrogen and oxygen atoms in total. The van der Waals surface area contributed by atoms with E-state index in [9.17, 15) is 0 Å². The summed E-state index contributed by atoms with van der Waals surface area (Å²) in [6.45, 7) is 11.8. The summed E-state index contributed by atoms with van der Waals surface area (Å²) in [4.78, 5) is 1.31. The van der Waals surface area contributed by atoms with E-state index in [0.29, 0.717) is 0 Å². The average Bonchev–Trinajstić information content (AvgIpc) is 2.76. The largest absolute Gasteiger partial charge is 0.316 e. The van der Waals surface area contributed by atoms with Crippen LogP contribution in [0.15, 0.2) is 17.0 Å². The molecule has 0 unspecified atom stereocenters. The van der Waals surface area contributed by atoms with Crippen LogP contribution in [0.25, 0.3) is 0 Å². The molecule has 0 amide bonds. The Hall–Kier alpha value is -0.260. The summed E-state index contributed by atoms with van der Waals surface area (Å²) in [5.41, 5.74) is 3.15. The molecule has 0 bridgehead atoms. The maximum Gasteiger partial charge on any atom is 0.0544 e. The first kappa shape index (κ1) is 20.1. The molecule has 5 heteroatoms. The third kappa shape index (κ3) is 6.93. The van der Waals surface area contributed by atoms with Crippen LogP contribution in [0.2, 0.25) is 5.02 Å².